The Morgan fingerprint density at radius 1 is 1.02 bits per heavy atom. The Morgan fingerprint density at radius 2 is 1.73 bits per heavy atom. The highest BCUT2D eigenvalue weighted by atomic mass is 35.5. The zero-order chi connectivity index (χ0) is 29.5. The minimum atomic E-state index is -0.773. The van der Waals surface area contributed by atoms with Crippen molar-refractivity contribution in [2.24, 2.45) is 11.8 Å². The monoisotopic (exact) mass is 585 g/mol. The fraction of sp³-hybridized carbons (Fsp3) is 0.467. The van der Waals surface area contributed by atoms with Gasteiger partial charge in [0, 0.05) is 19.1 Å². The fourth-order valence-corrected chi connectivity index (χ4v) is 5.87. The van der Waals surface area contributed by atoms with E-state index in [1.165, 1.54) is 37.3 Å². The van der Waals surface area contributed by atoms with Crippen LogP contribution >= 0.6 is 11.6 Å². The van der Waals surface area contributed by atoms with E-state index in [0.29, 0.717) is 17.4 Å². The first kappa shape index (κ1) is 30.3. The van der Waals surface area contributed by atoms with E-state index in [4.69, 9.17) is 21.1 Å². The molecule has 0 bridgehead atoms. The molecule has 0 radical (unpaired) electrons. The second kappa shape index (κ2) is 13.8. The van der Waals surface area contributed by atoms with Crippen molar-refractivity contribution in [3.8, 4) is 11.5 Å². The Labute approximate surface area is 242 Å². The number of nitrogens with one attached hydrogen (secondary N) is 1. The van der Waals surface area contributed by atoms with Crippen LogP contribution in [0.1, 0.15) is 44.9 Å². The fourth-order valence-electron chi connectivity index (χ4n) is 5.63. The highest BCUT2D eigenvalue weighted by Gasteiger charge is 2.23. The number of benzene rings is 2. The second-order valence-corrected chi connectivity index (χ2v) is 11.0. The largest absolute Gasteiger partial charge is 0.495 e. The van der Waals surface area contributed by atoms with Gasteiger partial charge in [-0.15, -0.1) is 0 Å². The maximum absolute atomic E-state index is 13.5. The van der Waals surface area contributed by atoms with Gasteiger partial charge in [-0.3, -0.25) is 23.5 Å². The number of amides is 1. The van der Waals surface area contributed by atoms with Crippen LogP contribution in [0.25, 0.3) is 10.9 Å². The van der Waals surface area contributed by atoms with Crippen LogP contribution < -0.4 is 26.0 Å². The molecule has 0 saturated heterocycles. The number of methoxy groups -OCH3 is 2. The topological polar surface area (TPSA) is 129 Å². The summed E-state index contributed by atoms with van der Waals surface area (Å²) in [5.41, 5.74) is -0.833. The minimum absolute atomic E-state index is 0.0736. The van der Waals surface area contributed by atoms with E-state index in [-0.39, 0.29) is 46.3 Å². The number of fused-ring (bicyclic) bond motifs is 1. The lowest BCUT2D eigenvalue weighted by Crippen LogP contribution is -2.43. The molecule has 1 fully saturated rings. The summed E-state index contributed by atoms with van der Waals surface area (Å²) in [5.74, 6) is 0.0406. The lowest BCUT2D eigenvalue weighted by atomic mass is 9.81. The van der Waals surface area contributed by atoms with Crippen LogP contribution in [0, 0.1) is 11.8 Å². The lowest BCUT2D eigenvalue weighted by molar-refractivity contribution is -0.121. The quantitative estimate of drug-likeness (QED) is 0.328. The molecule has 0 aliphatic heterocycles. The highest BCUT2D eigenvalue weighted by molar-refractivity contribution is 6.32. The predicted octanol–water partition coefficient (Wildman–Crippen LogP) is 4.01. The third kappa shape index (κ3) is 7.18. The summed E-state index contributed by atoms with van der Waals surface area (Å²) >= 11 is 6.22. The number of halogens is 1. The summed E-state index contributed by atoms with van der Waals surface area (Å²) in [6.45, 7) is -0.993. The first-order chi connectivity index (χ1) is 19.7. The van der Waals surface area contributed by atoms with Gasteiger partial charge in [-0.05, 0) is 36.5 Å². The molecule has 10 nitrogen and oxygen atoms in total. The summed E-state index contributed by atoms with van der Waals surface area (Å²) in [7, 11) is 2.89. The zero-order valence-corrected chi connectivity index (χ0v) is 24.1. The van der Waals surface area contributed by atoms with E-state index in [2.05, 4.69) is 5.32 Å². The van der Waals surface area contributed by atoms with Crippen LogP contribution in [0.5, 0.6) is 11.5 Å². The lowest BCUT2D eigenvalue weighted by Gasteiger charge is -2.25. The Kier molecular flexibility index (Phi) is 10.2. The average molecular weight is 586 g/mol. The third-order valence-electron chi connectivity index (χ3n) is 7.68. The van der Waals surface area contributed by atoms with Crippen molar-refractivity contribution < 1.29 is 24.2 Å². The van der Waals surface area contributed by atoms with Gasteiger partial charge in [0.1, 0.15) is 18.0 Å². The van der Waals surface area contributed by atoms with Crippen molar-refractivity contribution in [1.29, 1.82) is 0 Å². The number of carbonyl (C=O) groups excluding carboxylic acids is 2. The van der Waals surface area contributed by atoms with Crippen LogP contribution in [0.4, 0.5) is 5.69 Å². The van der Waals surface area contributed by atoms with Gasteiger partial charge >= 0.3 is 5.69 Å². The van der Waals surface area contributed by atoms with Gasteiger partial charge in [-0.1, -0.05) is 55.8 Å². The number of aromatic nitrogens is 2. The Hall–Kier alpha value is -3.63. The number of ketones is 1. The number of hydrogen-bond donors (Lipinski definition) is 2. The summed E-state index contributed by atoms with van der Waals surface area (Å²) in [6, 6.07) is 9.45. The maximum Gasteiger partial charge on any atom is 0.332 e. The van der Waals surface area contributed by atoms with E-state index in [0.717, 1.165) is 36.7 Å². The molecule has 0 unspecified atom stereocenters. The maximum atomic E-state index is 13.5. The molecule has 11 heteroatoms. The van der Waals surface area contributed by atoms with Gasteiger partial charge < -0.3 is 19.9 Å². The number of aliphatic hydroxyl groups excluding tert-OH is 1. The molecule has 3 aromatic rings. The Balaban J connectivity index is 1.58. The van der Waals surface area contributed by atoms with E-state index in [1.54, 1.807) is 24.3 Å². The first-order valence-electron chi connectivity index (χ1n) is 13.8. The van der Waals surface area contributed by atoms with Crippen LogP contribution in [-0.2, 0) is 22.7 Å². The molecule has 1 aromatic heterocycles. The number of Topliss-reactive ketones (excluding diaryl/α,β-unsaturated/α-hetero) is 1. The molecule has 1 atom stereocenters. The zero-order valence-electron chi connectivity index (χ0n) is 23.4. The highest BCUT2D eigenvalue weighted by Crippen LogP contribution is 2.36. The summed E-state index contributed by atoms with van der Waals surface area (Å²) in [4.78, 5) is 53.0. The summed E-state index contributed by atoms with van der Waals surface area (Å²) in [6.07, 6.45) is 6.55. The molecule has 2 aromatic carbocycles. The van der Waals surface area contributed by atoms with Gasteiger partial charge in [0.25, 0.3) is 5.56 Å². The Bertz CT molecular complexity index is 1520. The number of ether oxygens (including phenoxy) is 2. The number of para-hydroxylation sites is 1. The molecule has 220 valence electrons. The number of carbonyl (C=O) groups is 2. The van der Waals surface area contributed by atoms with Gasteiger partial charge in [-0.25, -0.2) is 4.79 Å². The number of nitrogens with zero attached hydrogens (tertiary/aromatic N) is 2. The molecule has 1 aliphatic carbocycles. The van der Waals surface area contributed by atoms with Gasteiger partial charge in [-0.2, -0.15) is 0 Å². The van der Waals surface area contributed by atoms with Crippen LogP contribution in [0.15, 0.2) is 46.0 Å². The molecule has 1 amide bonds. The van der Waals surface area contributed by atoms with E-state index in [9.17, 15) is 24.3 Å². The average Bonchev–Trinajstić information content (AvgIpc) is 2.97. The van der Waals surface area contributed by atoms with Crippen molar-refractivity contribution in [2.75, 3.05) is 26.1 Å². The van der Waals surface area contributed by atoms with Gasteiger partial charge in [0.05, 0.1) is 42.4 Å². The number of anilines is 1. The van der Waals surface area contributed by atoms with Crippen LogP contribution in [0.2, 0.25) is 5.02 Å². The molecule has 1 saturated carbocycles. The van der Waals surface area contributed by atoms with Crippen molar-refractivity contribution >= 4 is 39.9 Å². The predicted molar refractivity (Wildman–Crippen MR) is 157 cm³/mol. The number of rotatable bonds is 12. The SMILES string of the molecule is COc1cc(OC)c(NC(=O)Cn2c(=O)n(CC(=O)C[C@H](CO)CC3CCCCC3)c(=O)c3ccccc32)cc1Cl. The van der Waals surface area contributed by atoms with E-state index in [1.807, 2.05) is 0 Å². The van der Waals surface area contributed by atoms with Gasteiger partial charge in [0.15, 0.2) is 5.78 Å². The molecular formula is C30H36ClN3O7. The second-order valence-electron chi connectivity index (χ2n) is 10.5. The molecule has 1 heterocycles. The van der Waals surface area contributed by atoms with E-state index < -0.39 is 30.2 Å². The molecule has 1 aliphatic rings. The summed E-state index contributed by atoms with van der Waals surface area (Å²) < 4.78 is 12.6. The number of aliphatic hydroxyl groups is 1. The smallest absolute Gasteiger partial charge is 0.332 e. The van der Waals surface area contributed by atoms with Crippen molar-refractivity contribution in [2.45, 2.75) is 58.0 Å². The molecule has 0 spiro atoms. The molecule has 41 heavy (non-hydrogen) atoms. The van der Waals surface area contributed by atoms with E-state index >= 15 is 0 Å². The standard InChI is InChI=1S/C30H36ClN3O7/c1-40-26-15-27(41-2)24(14-23(26)31)32-28(37)17-33-25-11-7-6-10-22(25)29(38)34(30(33)39)16-21(36)13-20(18-35)12-19-8-4-3-5-9-19/h6-7,10-11,14-15,19-20,35H,3-5,8-9,12-13,16-18H2,1-2H3,(H,32,37)/t20-/m1/s1. The van der Waals surface area contributed by atoms with Crippen molar-refractivity contribution in [3.05, 3.63) is 62.3 Å². The summed E-state index contributed by atoms with van der Waals surface area (Å²) in [5, 5.41) is 13.1. The van der Waals surface area contributed by atoms with Crippen LogP contribution in [0.3, 0.4) is 0 Å². The normalized spacial score (nSPS) is 14.5. The minimum Gasteiger partial charge on any atom is -0.495 e. The van der Waals surface area contributed by atoms with Gasteiger partial charge in [0.2, 0.25) is 5.91 Å². The molecular weight excluding hydrogens is 550 g/mol. The van der Waals surface area contributed by atoms with Crippen LogP contribution in [-0.4, -0.2) is 46.8 Å². The third-order valence-corrected chi connectivity index (χ3v) is 7.98. The number of hydrogen-bond acceptors (Lipinski definition) is 7. The molecule has 4 rings (SSSR count). The first-order valence-corrected chi connectivity index (χ1v) is 14.2. The Morgan fingerprint density at radius 3 is 2.41 bits per heavy atom. The molecule has 2 N–H and O–H groups in total. The van der Waals surface area contributed by atoms with Crippen molar-refractivity contribution in [1.82, 2.24) is 9.13 Å². The van der Waals surface area contributed by atoms with Crippen molar-refractivity contribution in [3.63, 3.8) is 0 Å².